The molecule has 0 spiro atoms. The lowest BCUT2D eigenvalue weighted by atomic mass is 10.0. The van der Waals surface area contributed by atoms with Crippen LogP contribution in [0.4, 0.5) is 0 Å². The minimum absolute atomic E-state index is 0.788. The fraction of sp³-hybridized carbons (Fsp3) is 1.00. The predicted octanol–water partition coefficient (Wildman–Crippen LogP) is 3.30. The van der Waals surface area contributed by atoms with Crippen molar-refractivity contribution in [3.05, 3.63) is 0 Å². The highest BCUT2D eigenvalue weighted by Crippen LogP contribution is 2.22. The second-order valence-electron chi connectivity index (χ2n) is 4.41. The van der Waals surface area contributed by atoms with Crippen molar-refractivity contribution in [2.24, 2.45) is 5.92 Å². The lowest BCUT2D eigenvalue weighted by Crippen LogP contribution is -2.33. The molecule has 0 radical (unpaired) electrons. The van der Waals surface area contributed by atoms with E-state index in [4.69, 9.17) is 0 Å². The molecule has 1 N–H and O–H groups in total. The summed E-state index contributed by atoms with van der Waals surface area (Å²) in [6, 6.07) is 0.788. The molecule has 0 bridgehead atoms. The predicted molar refractivity (Wildman–Crippen MR) is 67.0 cm³/mol. The molecule has 1 rings (SSSR count). The van der Waals surface area contributed by atoms with Gasteiger partial charge in [-0.25, -0.2) is 0 Å². The molecule has 1 unspecified atom stereocenters. The van der Waals surface area contributed by atoms with Crippen LogP contribution in [0, 0.1) is 5.92 Å². The van der Waals surface area contributed by atoms with Crippen molar-refractivity contribution < 1.29 is 0 Å². The van der Waals surface area contributed by atoms with E-state index in [1.54, 1.807) is 0 Å². The van der Waals surface area contributed by atoms with Gasteiger partial charge in [-0.2, -0.15) is 11.8 Å². The quantitative estimate of drug-likeness (QED) is 0.699. The average Bonchev–Trinajstić information content (AvgIpc) is 2.67. The van der Waals surface area contributed by atoms with E-state index in [2.05, 4.69) is 30.9 Å². The maximum Gasteiger partial charge on any atom is 0.00669 e. The molecular formula is C12H25NS. The van der Waals surface area contributed by atoms with E-state index in [1.807, 2.05) is 0 Å². The van der Waals surface area contributed by atoms with Crippen LogP contribution in [0.1, 0.15) is 46.0 Å². The van der Waals surface area contributed by atoms with E-state index in [-0.39, 0.29) is 0 Å². The van der Waals surface area contributed by atoms with Gasteiger partial charge in [0.15, 0.2) is 0 Å². The summed E-state index contributed by atoms with van der Waals surface area (Å²) in [5.41, 5.74) is 0. The number of hydrogen-bond donors (Lipinski definition) is 1. The molecule has 0 amide bonds. The van der Waals surface area contributed by atoms with Gasteiger partial charge in [-0.05, 0) is 43.2 Å². The summed E-state index contributed by atoms with van der Waals surface area (Å²) in [4.78, 5) is 0. The van der Waals surface area contributed by atoms with Crippen molar-refractivity contribution in [3.63, 3.8) is 0 Å². The maximum absolute atomic E-state index is 3.75. The van der Waals surface area contributed by atoms with Gasteiger partial charge in [0.05, 0.1) is 0 Å². The van der Waals surface area contributed by atoms with Gasteiger partial charge < -0.3 is 5.32 Å². The Balaban J connectivity index is 2.10. The van der Waals surface area contributed by atoms with Crippen molar-refractivity contribution in [3.8, 4) is 0 Å². The van der Waals surface area contributed by atoms with Gasteiger partial charge in [-0.15, -0.1) is 0 Å². The van der Waals surface area contributed by atoms with Gasteiger partial charge in [-0.1, -0.05) is 26.7 Å². The Hall–Kier alpha value is 0.310. The molecule has 1 aliphatic heterocycles. The van der Waals surface area contributed by atoms with Crippen molar-refractivity contribution in [2.45, 2.75) is 52.0 Å². The molecule has 1 nitrogen and oxygen atoms in total. The van der Waals surface area contributed by atoms with Gasteiger partial charge >= 0.3 is 0 Å². The summed E-state index contributed by atoms with van der Waals surface area (Å²) in [5.74, 6) is 3.73. The van der Waals surface area contributed by atoms with Gasteiger partial charge in [-0.3, -0.25) is 0 Å². The summed E-state index contributed by atoms with van der Waals surface area (Å²) in [6.07, 6.45) is 6.78. The molecule has 1 fully saturated rings. The first kappa shape index (κ1) is 12.4. The third-order valence-electron chi connectivity index (χ3n) is 2.99. The molecule has 1 atom stereocenters. The third kappa shape index (κ3) is 4.70. The Morgan fingerprint density at radius 3 is 2.50 bits per heavy atom. The van der Waals surface area contributed by atoms with E-state index in [1.165, 1.54) is 50.2 Å². The Bertz CT molecular complexity index is 126. The van der Waals surface area contributed by atoms with E-state index >= 15 is 0 Å². The smallest absolute Gasteiger partial charge is 0.00669 e. The molecule has 1 heterocycles. The SMILES string of the molecule is CCCC(CCC)NCC1CCSC1. The summed E-state index contributed by atoms with van der Waals surface area (Å²) < 4.78 is 0. The summed E-state index contributed by atoms with van der Waals surface area (Å²) in [6.45, 7) is 5.84. The zero-order valence-electron chi connectivity index (χ0n) is 9.72. The highest BCUT2D eigenvalue weighted by Gasteiger charge is 2.16. The van der Waals surface area contributed by atoms with Crippen molar-refractivity contribution in [2.75, 3.05) is 18.1 Å². The van der Waals surface area contributed by atoms with Crippen LogP contribution in [-0.4, -0.2) is 24.1 Å². The first-order valence-electron chi connectivity index (χ1n) is 6.18. The molecule has 0 aromatic rings. The molecule has 1 saturated heterocycles. The number of thioether (sulfide) groups is 1. The fourth-order valence-corrected chi connectivity index (χ4v) is 3.41. The normalized spacial score (nSPS) is 22.1. The van der Waals surface area contributed by atoms with Gasteiger partial charge in [0.2, 0.25) is 0 Å². The molecular weight excluding hydrogens is 190 g/mol. The zero-order valence-corrected chi connectivity index (χ0v) is 10.5. The molecule has 14 heavy (non-hydrogen) atoms. The summed E-state index contributed by atoms with van der Waals surface area (Å²) in [5, 5.41) is 3.75. The van der Waals surface area contributed by atoms with Crippen LogP contribution >= 0.6 is 11.8 Å². The molecule has 0 aliphatic carbocycles. The van der Waals surface area contributed by atoms with Gasteiger partial charge in [0.25, 0.3) is 0 Å². The first-order valence-corrected chi connectivity index (χ1v) is 7.33. The molecule has 0 aromatic carbocycles. The van der Waals surface area contributed by atoms with Crippen LogP contribution in [0.25, 0.3) is 0 Å². The van der Waals surface area contributed by atoms with E-state index < -0.39 is 0 Å². The lowest BCUT2D eigenvalue weighted by molar-refractivity contribution is 0.406. The van der Waals surface area contributed by atoms with E-state index in [0.717, 1.165) is 12.0 Å². The van der Waals surface area contributed by atoms with Crippen molar-refractivity contribution in [1.82, 2.24) is 5.32 Å². The van der Waals surface area contributed by atoms with E-state index in [9.17, 15) is 0 Å². The van der Waals surface area contributed by atoms with Gasteiger partial charge in [0, 0.05) is 6.04 Å². The maximum atomic E-state index is 3.75. The topological polar surface area (TPSA) is 12.0 Å². The monoisotopic (exact) mass is 215 g/mol. The Morgan fingerprint density at radius 2 is 2.00 bits per heavy atom. The minimum atomic E-state index is 0.788. The number of nitrogens with one attached hydrogen (secondary N) is 1. The van der Waals surface area contributed by atoms with Gasteiger partial charge in [0.1, 0.15) is 0 Å². The average molecular weight is 215 g/mol. The zero-order chi connectivity index (χ0) is 10.2. The lowest BCUT2D eigenvalue weighted by Gasteiger charge is -2.19. The van der Waals surface area contributed by atoms with Crippen molar-refractivity contribution in [1.29, 1.82) is 0 Å². The Morgan fingerprint density at radius 1 is 1.29 bits per heavy atom. The Labute approximate surface area is 93.4 Å². The van der Waals surface area contributed by atoms with Crippen LogP contribution < -0.4 is 5.32 Å². The first-order chi connectivity index (χ1) is 6.86. The molecule has 1 aliphatic rings. The van der Waals surface area contributed by atoms with Crippen LogP contribution in [0.2, 0.25) is 0 Å². The highest BCUT2D eigenvalue weighted by atomic mass is 32.2. The number of hydrogen-bond acceptors (Lipinski definition) is 2. The molecule has 2 heteroatoms. The summed E-state index contributed by atoms with van der Waals surface area (Å²) >= 11 is 2.12. The summed E-state index contributed by atoms with van der Waals surface area (Å²) in [7, 11) is 0. The van der Waals surface area contributed by atoms with Crippen molar-refractivity contribution >= 4 is 11.8 Å². The minimum Gasteiger partial charge on any atom is -0.314 e. The molecule has 0 saturated carbocycles. The Kier molecular flexibility index (Phi) is 6.70. The molecule has 0 aromatic heterocycles. The van der Waals surface area contributed by atoms with Crippen LogP contribution in [0.3, 0.4) is 0 Å². The highest BCUT2D eigenvalue weighted by molar-refractivity contribution is 7.99. The van der Waals surface area contributed by atoms with Crippen LogP contribution in [0.15, 0.2) is 0 Å². The largest absolute Gasteiger partial charge is 0.314 e. The molecule has 84 valence electrons. The fourth-order valence-electron chi connectivity index (χ4n) is 2.12. The van der Waals surface area contributed by atoms with Crippen LogP contribution in [0.5, 0.6) is 0 Å². The number of rotatable bonds is 7. The van der Waals surface area contributed by atoms with E-state index in [0.29, 0.717) is 0 Å². The van der Waals surface area contributed by atoms with Crippen LogP contribution in [-0.2, 0) is 0 Å². The third-order valence-corrected chi connectivity index (χ3v) is 4.22. The second kappa shape index (κ2) is 7.58. The standard InChI is InChI=1S/C12H25NS/c1-3-5-12(6-4-2)13-9-11-7-8-14-10-11/h11-13H,3-10H2,1-2H3. The second-order valence-corrected chi connectivity index (χ2v) is 5.56.